The van der Waals surface area contributed by atoms with Crippen LogP contribution in [0.1, 0.15) is 0 Å². The van der Waals surface area contributed by atoms with Crippen LogP contribution in [0.15, 0.2) is 41.3 Å². The third-order valence-corrected chi connectivity index (χ3v) is 6.89. The van der Waals surface area contributed by atoms with Gasteiger partial charge in [-0.15, -0.1) is 10.2 Å². The highest BCUT2D eigenvalue weighted by Crippen LogP contribution is 2.37. The van der Waals surface area contributed by atoms with E-state index >= 15 is 0 Å². The van der Waals surface area contributed by atoms with Crippen molar-refractivity contribution in [3.8, 4) is 16.3 Å². The molecule has 0 spiro atoms. The maximum absolute atomic E-state index is 12.6. The third kappa shape index (κ3) is 3.89. The first kappa shape index (κ1) is 19.2. The average molecular weight is 451 g/mol. The third-order valence-electron chi connectivity index (χ3n) is 3.26. The van der Waals surface area contributed by atoms with Crippen LogP contribution in [0.25, 0.3) is 10.6 Å². The Bertz CT molecular complexity index is 1050. The van der Waals surface area contributed by atoms with Crippen molar-refractivity contribution < 1.29 is 13.2 Å². The molecule has 0 unspecified atom stereocenters. The molecule has 0 aliphatic carbocycles. The molecule has 26 heavy (non-hydrogen) atoms. The van der Waals surface area contributed by atoms with Crippen molar-refractivity contribution >= 4 is 61.3 Å². The second-order valence-electron chi connectivity index (χ2n) is 4.92. The van der Waals surface area contributed by atoms with Crippen LogP contribution in [-0.4, -0.2) is 25.7 Å². The molecule has 2 aromatic carbocycles. The molecule has 0 amide bonds. The van der Waals surface area contributed by atoms with Gasteiger partial charge in [-0.1, -0.05) is 58.3 Å². The Labute approximate surface area is 168 Å². The topological polar surface area (TPSA) is 81.2 Å². The minimum absolute atomic E-state index is 0.0103. The summed E-state index contributed by atoms with van der Waals surface area (Å²) in [6.07, 6.45) is 0. The highest BCUT2D eigenvalue weighted by atomic mass is 35.5. The summed E-state index contributed by atoms with van der Waals surface area (Å²) < 4.78 is 32.5. The van der Waals surface area contributed by atoms with Gasteiger partial charge in [0.15, 0.2) is 0 Å². The van der Waals surface area contributed by atoms with E-state index in [1.54, 1.807) is 24.3 Å². The molecule has 1 heterocycles. The number of halogens is 3. The molecule has 1 aromatic heterocycles. The van der Waals surface area contributed by atoms with E-state index in [0.29, 0.717) is 10.0 Å². The number of rotatable bonds is 5. The van der Waals surface area contributed by atoms with E-state index in [1.165, 1.54) is 19.2 Å². The lowest BCUT2D eigenvalue weighted by molar-refractivity contribution is 0.414. The number of ether oxygens (including phenoxy) is 1. The monoisotopic (exact) mass is 449 g/mol. The number of methoxy groups -OCH3 is 1. The Morgan fingerprint density at radius 2 is 1.69 bits per heavy atom. The molecule has 0 aliphatic heterocycles. The lowest BCUT2D eigenvalue weighted by atomic mass is 10.2. The standard InChI is InChI=1S/C15H10Cl3N3O3S2/c1-24-10-6-7-11(13(18)12(10)17)26(22,23)21-15-20-19-14(25-15)8-2-4-9(16)5-3-8/h2-7H,1H3,(H,20,21). The number of benzene rings is 2. The van der Waals surface area contributed by atoms with Crippen LogP contribution in [0.5, 0.6) is 5.75 Å². The average Bonchev–Trinajstić information content (AvgIpc) is 3.05. The van der Waals surface area contributed by atoms with Crippen molar-refractivity contribution in [1.82, 2.24) is 10.2 Å². The summed E-state index contributed by atoms with van der Waals surface area (Å²) in [6.45, 7) is 0. The molecule has 0 fully saturated rings. The Morgan fingerprint density at radius 3 is 2.35 bits per heavy atom. The lowest BCUT2D eigenvalue weighted by Crippen LogP contribution is -2.13. The van der Waals surface area contributed by atoms with E-state index < -0.39 is 10.0 Å². The zero-order chi connectivity index (χ0) is 18.9. The zero-order valence-corrected chi connectivity index (χ0v) is 16.9. The van der Waals surface area contributed by atoms with Crippen LogP contribution in [0, 0.1) is 0 Å². The SMILES string of the molecule is COc1ccc(S(=O)(=O)Nc2nnc(-c3ccc(Cl)cc3)s2)c(Cl)c1Cl. The van der Waals surface area contributed by atoms with Gasteiger partial charge >= 0.3 is 0 Å². The van der Waals surface area contributed by atoms with Crippen LogP contribution in [-0.2, 0) is 10.0 Å². The number of aromatic nitrogens is 2. The van der Waals surface area contributed by atoms with E-state index in [1.807, 2.05) is 0 Å². The quantitative estimate of drug-likeness (QED) is 0.593. The Hall–Kier alpha value is -1.58. The maximum Gasteiger partial charge on any atom is 0.265 e. The summed E-state index contributed by atoms with van der Waals surface area (Å²) in [5.41, 5.74) is 0.767. The van der Waals surface area contributed by atoms with E-state index in [9.17, 15) is 8.42 Å². The van der Waals surface area contributed by atoms with Crippen LogP contribution in [0.3, 0.4) is 0 Å². The van der Waals surface area contributed by atoms with Gasteiger partial charge in [-0.2, -0.15) is 0 Å². The Kier molecular flexibility index (Phi) is 5.59. The van der Waals surface area contributed by atoms with E-state index in [2.05, 4.69) is 14.9 Å². The highest BCUT2D eigenvalue weighted by molar-refractivity contribution is 7.93. The predicted molar refractivity (Wildman–Crippen MR) is 104 cm³/mol. The van der Waals surface area contributed by atoms with Gasteiger partial charge in [0.25, 0.3) is 10.0 Å². The van der Waals surface area contributed by atoms with Gasteiger partial charge in [0.1, 0.15) is 20.7 Å². The zero-order valence-electron chi connectivity index (χ0n) is 13.0. The van der Waals surface area contributed by atoms with Crippen molar-refractivity contribution in [2.45, 2.75) is 4.90 Å². The van der Waals surface area contributed by atoms with Crippen LogP contribution in [0.2, 0.25) is 15.1 Å². The first-order chi connectivity index (χ1) is 12.3. The number of anilines is 1. The molecular weight excluding hydrogens is 441 g/mol. The van der Waals surface area contributed by atoms with Crippen LogP contribution in [0.4, 0.5) is 5.13 Å². The van der Waals surface area contributed by atoms with Crippen molar-refractivity contribution in [3.05, 3.63) is 51.5 Å². The summed E-state index contributed by atoms with van der Waals surface area (Å²) in [7, 11) is -2.60. The predicted octanol–water partition coefficient (Wildman–Crippen LogP) is 4.97. The van der Waals surface area contributed by atoms with Gasteiger partial charge in [0, 0.05) is 10.6 Å². The van der Waals surface area contributed by atoms with Crippen LogP contribution < -0.4 is 9.46 Å². The molecule has 3 rings (SSSR count). The fourth-order valence-electron chi connectivity index (χ4n) is 2.02. The molecule has 0 saturated carbocycles. The molecule has 0 bridgehead atoms. The Morgan fingerprint density at radius 1 is 1.00 bits per heavy atom. The van der Waals surface area contributed by atoms with Gasteiger partial charge in [-0.05, 0) is 24.3 Å². The molecule has 0 saturated heterocycles. The van der Waals surface area contributed by atoms with Gasteiger partial charge in [-0.25, -0.2) is 8.42 Å². The molecule has 0 aliphatic rings. The molecule has 0 atom stereocenters. The summed E-state index contributed by atoms with van der Waals surface area (Å²) in [5, 5.41) is 8.93. The molecule has 136 valence electrons. The fraction of sp³-hybridized carbons (Fsp3) is 0.0667. The van der Waals surface area contributed by atoms with Crippen molar-refractivity contribution in [3.63, 3.8) is 0 Å². The number of hydrogen-bond acceptors (Lipinski definition) is 6. The van der Waals surface area contributed by atoms with Gasteiger partial charge in [-0.3, -0.25) is 4.72 Å². The number of hydrogen-bond donors (Lipinski definition) is 1. The Balaban J connectivity index is 1.89. The van der Waals surface area contributed by atoms with Crippen molar-refractivity contribution in [1.29, 1.82) is 0 Å². The second kappa shape index (κ2) is 7.58. The highest BCUT2D eigenvalue weighted by Gasteiger charge is 2.23. The summed E-state index contributed by atoms with van der Waals surface area (Å²) in [6, 6.07) is 9.67. The first-order valence-corrected chi connectivity index (χ1v) is 10.4. The molecule has 0 radical (unpaired) electrons. The van der Waals surface area contributed by atoms with Gasteiger partial charge in [0.05, 0.1) is 12.1 Å². The number of nitrogens with one attached hydrogen (secondary N) is 1. The minimum Gasteiger partial charge on any atom is -0.495 e. The first-order valence-electron chi connectivity index (χ1n) is 6.96. The van der Waals surface area contributed by atoms with E-state index in [0.717, 1.165) is 16.9 Å². The second-order valence-corrected chi connectivity index (χ2v) is 8.74. The lowest BCUT2D eigenvalue weighted by Gasteiger charge is -2.10. The van der Waals surface area contributed by atoms with Gasteiger partial charge in [0.2, 0.25) is 5.13 Å². The van der Waals surface area contributed by atoms with E-state index in [-0.39, 0.29) is 25.8 Å². The van der Waals surface area contributed by atoms with Crippen molar-refractivity contribution in [2.24, 2.45) is 0 Å². The maximum atomic E-state index is 12.6. The smallest absolute Gasteiger partial charge is 0.265 e. The van der Waals surface area contributed by atoms with Gasteiger partial charge < -0.3 is 4.74 Å². The minimum atomic E-state index is -4.00. The largest absolute Gasteiger partial charge is 0.495 e. The van der Waals surface area contributed by atoms with Crippen molar-refractivity contribution in [2.75, 3.05) is 11.8 Å². The normalized spacial score (nSPS) is 11.4. The van der Waals surface area contributed by atoms with E-state index in [4.69, 9.17) is 39.5 Å². The molecular formula is C15H10Cl3N3O3S2. The fourth-order valence-corrected chi connectivity index (χ4v) is 4.97. The van der Waals surface area contributed by atoms with Crippen LogP contribution >= 0.6 is 46.1 Å². The molecule has 11 heteroatoms. The summed E-state index contributed by atoms with van der Waals surface area (Å²) in [5.74, 6) is 0.275. The molecule has 6 nitrogen and oxygen atoms in total. The molecule has 1 N–H and O–H groups in total. The molecule has 3 aromatic rings. The summed E-state index contributed by atoms with van der Waals surface area (Å²) >= 11 is 19.0. The number of nitrogens with zero attached hydrogens (tertiary/aromatic N) is 2. The summed E-state index contributed by atoms with van der Waals surface area (Å²) in [4.78, 5) is -0.187. The number of sulfonamides is 1.